The van der Waals surface area contributed by atoms with E-state index in [1.165, 1.54) is 18.2 Å². The molecule has 0 unspecified atom stereocenters. The van der Waals surface area contributed by atoms with E-state index in [-0.39, 0.29) is 11.5 Å². The van der Waals surface area contributed by atoms with Gasteiger partial charge in [-0.05, 0) is 42.2 Å². The minimum Gasteiger partial charge on any atom is -0.289 e. The molecule has 106 valence electrons. The zero-order chi connectivity index (χ0) is 15.2. The molecule has 5 heteroatoms. The number of benzene rings is 2. The van der Waals surface area contributed by atoms with E-state index < -0.39 is 4.92 Å². The standard InChI is InChI=1S/C16H13NO3S/c1-21-15-8-6-13(7-9-15)16(18)10-5-12-3-2-4-14(11-12)17(19)20/h2-11H,1H3/b10-5+. The van der Waals surface area contributed by atoms with Gasteiger partial charge < -0.3 is 0 Å². The zero-order valence-electron chi connectivity index (χ0n) is 11.4. The number of hydrogen-bond acceptors (Lipinski definition) is 4. The van der Waals surface area contributed by atoms with Crippen LogP contribution in [0, 0.1) is 10.1 Å². The molecule has 0 spiro atoms. The number of nitro benzene ring substituents is 1. The van der Waals surface area contributed by atoms with Crippen molar-refractivity contribution in [1.82, 2.24) is 0 Å². The molecular formula is C16H13NO3S. The number of nitro groups is 1. The van der Waals surface area contributed by atoms with Crippen LogP contribution in [0.5, 0.6) is 0 Å². The molecular weight excluding hydrogens is 286 g/mol. The number of nitrogens with zero attached hydrogens (tertiary/aromatic N) is 1. The lowest BCUT2D eigenvalue weighted by molar-refractivity contribution is -0.384. The van der Waals surface area contributed by atoms with Crippen molar-refractivity contribution in [2.24, 2.45) is 0 Å². The van der Waals surface area contributed by atoms with Gasteiger partial charge in [0.1, 0.15) is 0 Å². The fraction of sp³-hybridized carbons (Fsp3) is 0.0625. The van der Waals surface area contributed by atoms with Gasteiger partial charge in [-0.15, -0.1) is 11.8 Å². The van der Waals surface area contributed by atoms with E-state index in [0.29, 0.717) is 11.1 Å². The third-order valence-electron chi connectivity index (χ3n) is 2.88. The Morgan fingerprint density at radius 3 is 2.52 bits per heavy atom. The van der Waals surface area contributed by atoms with Crippen LogP contribution < -0.4 is 0 Å². The highest BCUT2D eigenvalue weighted by atomic mass is 32.2. The number of thioether (sulfide) groups is 1. The van der Waals surface area contributed by atoms with Crippen LogP contribution in [0.1, 0.15) is 15.9 Å². The van der Waals surface area contributed by atoms with Crippen molar-refractivity contribution in [3.63, 3.8) is 0 Å². The summed E-state index contributed by atoms with van der Waals surface area (Å²) in [6.45, 7) is 0. The van der Waals surface area contributed by atoms with Crippen LogP contribution in [0.15, 0.2) is 59.5 Å². The van der Waals surface area contributed by atoms with Crippen LogP contribution in [-0.4, -0.2) is 17.0 Å². The average Bonchev–Trinajstić information content (AvgIpc) is 2.53. The first-order valence-electron chi connectivity index (χ1n) is 6.21. The summed E-state index contributed by atoms with van der Waals surface area (Å²) < 4.78 is 0. The molecule has 0 bridgehead atoms. The van der Waals surface area contributed by atoms with E-state index in [0.717, 1.165) is 4.90 Å². The lowest BCUT2D eigenvalue weighted by Gasteiger charge is -1.98. The summed E-state index contributed by atoms with van der Waals surface area (Å²) in [6, 6.07) is 13.5. The summed E-state index contributed by atoms with van der Waals surface area (Å²) >= 11 is 1.61. The molecule has 0 fully saturated rings. The highest BCUT2D eigenvalue weighted by molar-refractivity contribution is 7.98. The maximum absolute atomic E-state index is 12.0. The molecule has 0 saturated heterocycles. The van der Waals surface area contributed by atoms with Gasteiger partial charge >= 0.3 is 0 Å². The van der Waals surface area contributed by atoms with Crippen LogP contribution in [0.25, 0.3) is 6.08 Å². The Balaban J connectivity index is 2.14. The van der Waals surface area contributed by atoms with E-state index in [2.05, 4.69) is 0 Å². The molecule has 0 amide bonds. The van der Waals surface area contributed by atoms with Gasteiger partial charge in [-0.2, -0.15) is 0 Å². The van der Waals surface area contributed by atoms with Crippen molar-refractivity contribution in [3.05, 3.63) is 75.8 Å². The van der Waals surface area contributed by atoms with Crippen molar-refractivity contribution in [2.45, 2.75) is 4.90 Å². The second-order valence-corrected chi connectivity index (χ2v) is 5.16. The van der Waals surface area contributed by atoms with Gasteiger partial charge in [0.2, 0.25) is 0 Å². The lowest BCUT2D eigenvalue weighted by atomic mass is 10.1. The molecule has 0 N–H and O–H groups in total. The van der Waals surface area contributed by atoms with E-state index in [9.17, 15) is 14.9 Å². The highest BCUT2D eigenvalue weighted by Gasteiger charge is 2.05. The Hall–Kier alpha value is -2.40. The Labute approximate surface area is 126 Å². The Morgan fingerprint density at radius 2 is 1.90 bits per heavy atom. The largest absolute Gasteiger partial charge is 0.289 e. The first kappa shape index (κ1) is 15.0. The molecule has 2 aromatic carbocycles. The third-order valence-corrected chi connectivity index (χ3v) is 3.63. The summed E-state index contributed by atoms with van der Waals surface area (Å²) in [5, 5.41) is 10.7. The molecule has 0 aliphatic rings. The van der Waals surface area contributed by atoms with Gasteiger partial charge in [0.25, 0.3) is 5.69 Å². The molecule has 0 aliphatic heterocycles. The van der Waals surface area contributed by atoms with Crippen molar-refractivity contribution in [3.8, 4) is 0 Å². The van der Waals surface area contributed by atoms with Crippen molar-refractivity contribution < 1.29 is 9.72 Å². The van der Waals surface area contributed by atoms with Crippen molar-refractivity contribution in [1.29, 1.82) is 0 Å². The Kier molecular flexibility index (Phi) is 4.90. The van der Waals surface area contributed by atoms with Gasteiger partial charge in [0.15, 0.2) is 5.78 Å². The molecule has 0 saturated carbocycles. The first-order chi connectivity index (χ1) is 10.1. The minimum absolute atomic E-state index is 0.00826. The number of non-ortho nitro benzene ring substituents is 1. The van der Waals surface area contributed by atoms with E-state index in [1.54, 1.807) is 42.1 Å². The maximum atomic E-state index is 12.0. The number of hydrogen-bond donors (Lipinski definition) is 0. The second-order valence-electron chi connectivity index (χ2n) is 4.28. The van der Waals surface area contributed by atoms with Crippen molar-refractivity contribution in [2.75, 3.05) is 6.26 Å². The molecule has 2 aromatic rings. The summed E-state index contributed by atoms with van der Waals surface area (Å²) in [4.78, 5) is 23.3. The van der Waals surface area contributed by atoms with Gasteiger partial charge in [-0.25, -0.2) is 0 Å². The first-order valence-corrected chi connectivity index (χ1v) is 7.43. The minimum atomic E-state index is -0.458. The molecule has 2 rings (SSSR count). The van der Waals surface area contributed by atoms with Gasteiger partial charge in [0, 0.05) is 22.6 Å². The summed E-state index contributed by atoms with van der Waals surface area (Å²) in [7, 11) is 0. The number of carbonyl (C=O) groups is 1. The van der Waals surface area contributed by atoms with E-state index in [1.807, 2.05) is 18.4 Å². The molecule has 0 aromatic heterocycles. The Bertz CT molecular complexity index is 693. The topological polar surface area (TPSA) is 60.2 Å². The number of rotatable bonds is 5. The van der Waals surface area contributed by atoms with Crippen LogP contribution in [0.2, 0.25) is 0 Å². The Morgan fingerprint density at radius 1 is 1.19 bits per heavy atom. The summed E-state index contributed by atoms with van der Waals surface area (Å²) in [5.74, 6) is -0.130. The van der Waals surface area contributed by atoms with E-state index in [4.69, 9.17) is 0 Å². The maximum Gasteiger partial charge on any atom is 0.270 e. The summed E-state index contributed by atoms with van der Waals surface area (Å²) in [5.41, 5.74) is 1.22. The van der Waals surface area contributed by atoms with Gasteiger partial charge in [0.05, 0.1) is 4.92 Å². The molecule has 0 radical (unpaired) electrons. The van der Waals surface area contributed by atoms with Crippen LogP contribution in [-0.2, 0) is 0 Å². The predicted octanol–water partition coefficient (Wildman–Crippen LogP) is 4.21. The number of carbonyl (C=O) groups excluding carboxylic acids is 1. The molecule has 4 nitrogen and oxygen atoms in total. The highest BCUT2D eigenvalue weighted by Crippen LogP contribution is 2.17. The van der Waals surface area contributed by atoms with Gasteiger partial charge in [-0.3, -0.25) is 14.9 Å². The van der Waals surface area contributed by atoms with Crippen LogP contribution >= 0.6 is 11.8 Å². The quantitative estimate of drug-likeness (QED) is 0.273. The number of allylic oxidation sites excluding steroid dienone is 1. The second kappa shape index (κ2) is 6.85. The fourth-order valence-electron chi connectivity index (χ4n) is 1.77. The normalized spacial score (nSPS) is 10.7. The molecule has 0 atom stereocenters. The number of ketones is 1. The summed E-state index contributed by atoms with van der Waals surface area (Å²) in [6.07, 6.45) is 4.98. The molecule has 0 heterocycles. The van der Waals surface area contributed by atoms with Crippen molar-refractivity contribution >= 4 is 29.3 Å². The zero-order valence-corrected chi connectivity index (χ0v) is 12.2. The monoisotopic (exact) mass is 299 g/mol. The smallest absolute Gasteiger partial charge is 0.270 e. The van der Waals surface area contributed by atoms with Crippen LogP contribution in [0.4, 0.5) is 5.69 Å². The third kappa shape index (κ3) is 4.03. The molecule has 21 heavy (non-hydrogen) atoms. The predicted molar refractivity (Wildman–Crippen MR) is 84.7 cm³/mol. The fourth-order valence-corrected chi connectivity index (χ4v) is 2.17. The molecule has 0 aliphatic carbocycles. The lowest BCUT2D eigenvalue weighted by Crippen LogP contribution is -1.93. The average molecular weight is 299 g/mol. The van der Waals surface area contributed by atoms with E-state index >= 15 is 0 Å². The van der Waals surface area contributed by atoms with Gasteiger partial charge in [-0.1, -0.05) is 18.2 Å². The SMILES string of the molecule is CSc1ccc(C(=O)/C=C/c2cccc([N+](=O)[O-])c2)cc1. The van der Waals surface area contributed by atoms with Crippen LogP contribution in [0.3, 0.4) is 0 Å².